The van der Waals surface area contributed by atoms with Crippen molar-refractivity contribution in [2.75, 3.05) is 0 Å². The van der Waals surface area contributed by atoms with Gasteiger partial charge in [0.15, 0.2) is 0 Å². The molecule has 0 radical (unpaired) electrons. The summed E-state index contributed by atoms with van der Waals surface area (Å²) in [5, 5.41) is 9.32. The minimum Gasteiger partial charge on any atom is -0.388 e. The van der Waals surface area contributed by atoms with Crippen LogP contribution in [0.25, 0.3) is 11.0 Å². The molecule has 2 aromatic rings. The largest absolute Gasteiger partial charge is 0.388 e. The zero-order chi connectivity index (χ0) is 11.7. The van der Waals surface area contributed by atoms with Gasteiger partial charge in [-0.05, 0) is 30.5 Å². The Morgan fingerprint density at radius 2 is 2.12 bits per heavy atom. The molecule has 1 aromatic carbocycles. The highest BCUT2D eigenvalue weighted by Crippen LogP contribution is 2.19. The molecular formula is C13H18N2O. The van der Waals surface area contributed by atoms with Crippen LogP contribution < -0.4 is 0 Å². The number of rotatable bonds is 3. The van der Waals surface area contributed by atoms with Crippen molar-refractivity contribution in [1.82, 2.24) is 9.55 Å². The third-order valence-electron chi connectivity index (χ3n) is 2.67. The molecule has 0 bridgehead atoms. The molecular weight excluding hydrogens is 200 g/mol. The van der Waals surface area contributed by atoms with Crippen molar-refractivity contribution < 1.29 is 5.11 Å². The van der Waals surface area contributed by atoms with Gasteiger partial charge in [-0.15, -0.1) is 0 Å². The van der Waals surface area contributed by atoms with Gasteiger partial charge in [0.25, 0.3) is 0 Å². The summed E-state index contributed by atoms with van der Waals surface area (Å²) in [6, 6.07) is 6.23. The molecule has 0 atom stereocenters. The van der Waals surface area contributed by atoms with Crippen LogP contribution in [0.15, 0.2) is 18.2 Å². The summed E-state index contributed by atoms with van der Waals surface area (Å²) in [4.78, 5) is 4.46. The highest BCUT2D eigenvalue weighted by molar-refractivity contribution is 5.76. The quantitative estimate of drug-likeness (QED) is 0.859. The van der Waals surface area contributed by atoms with Crippen LogP contribution in [0.2, 0.25) is 0 Å². The van der Waals surface area contributed by atoms with E-state index < -0.39 is 0 Å². The number of hydrogen-bond donors (Lipinski definition) is 1. The molecule has 86 valence electrons. The molecule has 0 aliphatic carbocycles. The van der Waals surface area contributed by atoms with E-state index in [4.69, 9.17) is 0 Å². The first-order valence-electron chi connectivity index (χ1n) is 5.68. The standard InChI is InChI=1S/C13H18N2O/c1-9(2)7-15-12-5-4-10(3)6-11(12)14-13(15)8-16/h4-6,9,16H,7-8H2,1-3H3. The molecule has 0 saturated carbocycles. The highest BCUT2D eigenvalue weighted by Gasteiger charge is 2.10. The van der Waals surface area contributed by atoms with Crippen LogP contribution in [0, 0.1) is 12.8 Å². The van der Waals surface area contributed by atoms with Crippen molar-refractivity contribution in [2.45, 2.75) is 33.9 Å². The van der Waals surface area contributed by atoms with Crippen molar-refractivity contribution in [3.63, 3.8) is 0 Å². The van der Waals surface area contributed by atoms with Gasteiger partial charge in [-0.2, -0.15) is 0 Å². The molecule has 3 nitrogen and oxygen atoms in total. The zero-order valence-electron chi connectivity index (χ0n) is 10.1. The number of nitrogens with zero attached hydrogens (tertiary/aromatic N) is 2. The van der Waals surface area contributed by atoms with Crippen molar-refractivity contribution in [1.29, 1.82) is 0 Å². The first-order valence-corrected chi connectivity index (χ1v) is 5.68. The summed E-state index contributed by atoms with van der Waals surface area (Å²) in [5.41, 5.74) is 3.29. The Morgan fingerprint density at radius 1 is 1.38 bits per heavy atom. The maximum atomic E-state index is 9.32. The van der Waals surface area contributed by atoms with E-state index in [1.807, 2.05) is 0 Å². The number of hydrogen-bond acceptors (Lipinski definition) is 2. The van der Waals surface area contributed by atoms with Crippen LogP contribution in [0.1, 0.15) is 25.2 Å². The molecule has 0 aliphatic rings. The Hall–Kier alpha value is -1.35. The van der Waals surface area contributed by atoms with Crippen LogP contribution in [0.3, 0.4) is 0 Å². The van der Waals surface area contributed by atoms with Gasteiger partial charge < -0.3 is 9.67 Å². The summed E-state index contributed by atoms with van der Waals surface area (Å²) in [7, 11) is 0. The van der Waals surface area contributed by atoms with Crippen LogP contribution in [-0.2, 0) is 13.2 Å². The molecule has 0 saturated heterocycles. The van der Waals surface area contributed by atoms with Gasteiger partial charge in [-0.1, -0.05) is 19.9 Å². The number of aliphatic hydroxyl groups excluding tert-OH is 1. The molecule has 0 spiro atoms. The van der Waals surface area contributed by atoms with Crippen LogP contribution in [-0.4, -0.2) is 14.7 Å². The smallest absolute Gasteiger partial charge is 0.135 e. The number of aliphatic hydroxyl groups is 1. The Bertz CT molecular complexity index is 500. The average molecular weight is 218 g/mol. The fourth-order valence-corrected chi connectivity index (χ4v) is 1.98. The predicted octanol–water partition coefficient (Wildman–Crippen LogP) is 2.49. The molecule has 1 heterocycles. The lowest BCUT2D eigenvalue weighted by Crippen LogP contribution is -2.08. The number of aryl methyl sites for hydroxylation is 1. The van der Waals surface area contributed by atoms with Gasteiger partial charge in [-0.25, -0.2) is 4.98 Å². The minimum atomic E-state index is 0.000444. The first-order chi connectivity index (χ1) is 7.61. The second kappa shape index (κ2) is 4.26. The first kappa shape index (κ1) is 11.1. The summed E-state index contributed by atoms with van der Waals surface area (Å²) < 4.78 is 2.11. The summed E-state index contributed by atoms with van der Waals surface area (Å²) in [6.07, 6.45) is 0. The normalized spacial score (nSPS) is 11.6. The van der Waals surface area contributed by atoms with Gasteiger partial charge in [0.05, 0.1) is 11.0 Å². The number of aromatic nitrogens is 2. The Balaban J connectivity index is 2.59. The molecule has 0 unspecified atom stereocenters. The van der Waals surface area contributed by atoms with Crippen molar-refractivity contribution in [3.8, 4) is 0 Å². The molecule has 0 amide bonds. The molecule has 0 fully saturated rings. The molecule has 0 aliphatic heterocycles. The van der Waals surface area contributed by atoms with E-state index in [9.17, 15) is 5.11 Å². The molecule has 3 heteroatoms. The highest BCUT2D eigenvalue weighted by atomic mass is 16.3. The number of imidazole rings is 1. The predicted molar refractivity (Wildman–Crippen MR) is 65.2 cm³/mol. The Labute approximate surface area is 95.7 Å². The van der Waals surface area contributed by atoms with Crippen molar-refractivity contribution >= 4 is 11.0 Å². The van der Waals surface area contributed by atoms with Gasteiger partial charge in [0.2, 0.25) is 0 Å². The van der Waals surface area contributed by atoms with Gasteiger partial charge in [-0.3, -0.25) is 0 Å². The molecule has 1 N–H and O–H groups in total. The average Bonchev–Trinajstić information content (AvgIpc) is 2.55. The van der Waals surface area contributed by atoms with E-state index in [1.165, 1.54) is 5.56 Å². The van der Waals surface area contributed by atoms with E-state index in [2.05, 4.69) is 48.5 Å². The van der Waals surface area contributed by atoms with Crippen molar-refractivity contribution in [3.05, 3.63) is 29.6 Å². The van der Waals surface area contributed by atoms with Crippen molar-refractivity contribution in [2.24, 2.45) is 5.92 Å². The van der Waals surface area contributed by atoms with Gasteiger partial charge in [0, 0.05) is 6.54 Å². The summed E-state index contributed by atoms with van der Waals surface area (Å²) in [6.45, 7) is 7.29. The van der Waals surface area contributed by atoms with Crippen LogP contribution in [0.4, 0.5) is 0 Å². The lowest BCUT2D eigenvalue weighted by atomic mass is 10.2. The SMILES string of the molecule is Cc1ccc2c(c1)nc(CO)n2CC(C)C. The fourth-order valence-electron chi connectivity index (χ4n) is 1.98. The van der Waals surface area contributed by atoms with E-state index in [1.54, 1.807) is 0 Å². The van der Waals surface area contributed by atoms with Crippen LogP contribution in [0.5, 0.6) is 0 Å². The third-order valence-corrected chi connectivity index (χ3v) is 2.67. The van der Waals surface area contributed by atoms with Gasteiger partial charge in [0.1, 0.15) is 12.4 Å². The minimum absolute atomic E-state index is 0.000444. The van der Waals surface area contributed by atoms with E-state index >= 15 is 0 Å². The van der Waals surface area contributed by atoms with Crippen LogP contribution >= 0.6 is 0 Å². The summed E-state index contributed by atoms with van der Waals surface area (Å²) >= 11 is 0. The fraction of sp³-hybridized carbons (Fsp3) is 0.462. The van der Waals surface area contributed by atoms with Gasteiger partial charge >= 0.3 is 0 Å². The Morgan fingerprint density at radius 3 is 2.75 bits per heavy atom. The van der Waals surface area contributed by atoms with E-state index in [0.717, 1.165) is 23.4 Å². The third kappa shape index (κ3) is 1.95. The molecule has 16 heavy (non-hydrogen) atoms. The summed E-state index contributed by atoms with van der Waals surface area (Å²) in [5.74, 6) is 1.30. The zero-order valence-corrected chi connectivity index (χ0v) is 10.1. The maximum absolute atomic E-state index is 9.32. The number of fused-ring (bicyclic) bond motifs is 1. The topological polar surface area (TPSA) is 38.1 Å². The lowest BCUT2D eigenvalue weighted by molar-refractivity contribution is 0.263. The van der Waals surface area contributed by atoms with E-state index in [0.29, 0.717) is 5.92 Å². The molecule has 1 aromatic heterocycles. The second-order valence-electron chi connectivity index (χ2n) is 4.68. The lowest BCUT2D eigenvalue weighted by Gasteiger charge is -2.10. The second-order valence-corrected chi connectivity index (χ2v) is 4.68. The van der Waals surface area contributed by atoms with E-state index in [-0.39, 0.29) is 6.61 Å². The Kier molecular flexibility index (Phi) is 2.97. The number of benzene rings is 1. The monoisotopic (exact) mass is 218 g/mol. The maximum Gasteiger partial charge on any atom is 0.135 e. The molecule has 2 rings (SSSR count).